The van der Waals surface area contributed by atoms with Crippen LogP contribution in [-0.2, 0) is 20.9 Å². The van der Waals surface area contributed by atoms with Crippen LogP contribution in [0.25, 0.3) is 6.08 Å². The van der Waals surface area contributed by atoms with E-state index in [4.69, 9.17) is 21.1 Å². The number of methoxy groups -OCH3 is 2. The number of amides is 3. The third-order valence-corrected chi connectivity index (χ3v) is 7.98. The zero-order valence-corrected chi connectivity index (χ0v) is 22.1. The SMILES string of the molecule is COc1ccc(CN2C(=O)[C@@H]3[C@H](C2=O)C2c4ccccc4C=CN2[C@@H]3C(=O)Nc2cc(Cl)ccc2OC)cc1. The fourth-order valence-electron chi connectivity index (χ4n) is 5.97. The summed E-state index contributed by atoms with van der Waals surface area (Å²) in [7, 11) is 3.08. The molecule has 39 heavy (non-hydrogen) atoms. The second-order valence-corrected chi connectivity index (χ2v) is 10.2. The quantitative estimate of drug-likeness (QED) is 0.460. The van der Waals surface area contributed by atoms with Gasteiger partial charge >= 0.3 is 0 Å². The lowest BCUT2D eigenvalue weighted by Crippen LogP contribution is -2.46. The molecular formula is C30H26ClN3O5. The molecule has 3 aliphatic rings. The fourth-order valence-corrected chi connectivity index (χ4v) is 6.14. The Hall–Kier alpha value is -4.30. The van der Waals surface area contributed by atoms with Crippen molar-refractivity contribution in [2.24, 2.45) is 11.8 Å². The first-order valence-electron chi connectivity index (χ1n) is 12.6. The number of nitrogens with zero attached hydrogens (tertiary/aromatic N) is 2. The molecule has 0 spiro atoms. The molecule has 4 atom stereocenters. The third kappa shape index (κ3) is 4.12. The summed E-state index contributed by atoms with van der Waals surface area (Å²) in [4.78, 5) is 44.9. The van der Waals surface area contributed by atoms with Crippen LogP contribution >= 0.6 is 11.6 Å². The van der Waals surface area contributed by atoms with Crippen LogP contribution in [0.5, 0.6) is 11.5 Å². The summed E-state index contributed by atoms with van der Waals surface area (Å²) in [5.41, 5.74) is 3.06. The topological polar surface area (TPSA) is 88.2 Å². The lowest BCUT2D eigenvalue weighted by molar-refractivity contribution is -0.143. The second-order valence-electron chi connectivity index (χ2n) is 9.78. The van der Waals surface area contributed by atoms with Crippen LogP contribution in [0, 0.1) is 11.8 Å². The molecule has 2 saturated heterocycles. The van der Waals surface area contributed by atoms with Crippen molar-refractivity contribution in [3.05, 3.63) is 94.6 Å². The van der Waals surface area contributed by atoms with Gasteiger partial charge in [0, 0.05) is 11.2 Å². The molecule has 2 fully saturated rings. The average molecular weight is 544 g/mol. The number of carbonyl (C=O) groups excluding carboxylic acids is 3. The van der Waals surface area contributed by atoms with E-state index in [1.54, 1.807) is 37.4 Å². The Bertz CT molecular complexity index is 1500. The molecule has 3 aromatic rings. The van der Waals surface area contributed by atoms with E-state index in [9.17, 15) is 14.4 Å². The molecule has 0 saturated carbocycles. The summed E-state index contributed by atoms with van der Waals surface area (Å²) in [6.45, 7) is 0.120. The Morgan fingerprint density at radius 2 is 1.69 bits per heavy atom. The van der Waals surface area contributed by atoms with Crippen molar-refractivity contribution in [2.75, 3.05) is 19.5 Å². The highest BCUT2D eigenvalue weighted by Gasteiger charge is 2.64. The van der Waals surface area contributed by atoms with E-state index >= 15 is 0 Å². The molecule has 3 aromatic carbocycles. The molecule has 198 valence electrons. The molecule has 0 bridgehead atoms. The van der Waals surface area contributed by atoms with Crippen LogP contribution in [0.2, 0.25) is 5.02 Å². The van der Waals surface area contributed by atoms with Crippen LogP contribution in [0.1, 0.15) is 22.7 Å². The van der Waals surface area contributed by atoms with E-state index in [1.807, 2.05) is 53.6 Å². The number of nitrogens with one attached hydrogen (secondary N) is 1. The molecule has 9 heteroatoms. The van der Waals surface area contributed by atoms with Crippen molar-refractivity contribution in [3.8, 4) is 11.5 Å². The molecule has 6 rings (SSSR count). The minimum Gasteiger partial charge on any atom is -0.497 e. The summed E-state index contributed by atoms with van der Waals surface area (Å²) < 4.78 is 10.6. The van der Waals surface area contributed by atoms with Crippen LogP contribution in [0.4, 0.5) is 5.69 Å². The van der Waals surface area contributed by atoms with Gasteiger partial charge < -0.3 is 19.7 Å². The molecule has 3 heterocycles. The Morgan fingerprint density at radius 3 is 2.44 bits per heavy atom. The van der Waals surface area contributed by atoms with Crippen molar-refractivity contribution >= 4 is 41.1 Å². The summed E-state index contributed by atoms with van der Waals surface area (Å²) in [5.74, 6) is -1.50. The average Bonchev–Trinajstić information content (AvgIpc) is 3.42. The fraction of sp³-hybridized carbons (Fsp3) is 0.233. The largest absolute Gasteiger partial charge is 0.497 e. The van der Waals surface area contributed by atoms with Gasteiger partial charge in [-0.05, 0) is 53.1 Å². The highest BCUT2D eigenvalue weighted by molar-refractivity contribution is 6.31. The van der Waals surface area contributed by atoms with Gasteiger partial charge in [0.05, 0.1) is 44.3 Å². The summed E-state index contributed by atoms with van der Waals surface area (Å²) in [6.07, 6.45) is 3.73. The Morgan fingerprint density at radius 1 is 0.949 bits per heavy atom. The smallest absolute Gasteiger partial charge is 0.248 e. The van der Waals surface area contributed by atoms with Crippen LogP contribution < -0.4 is 14.8 Å². The third-order valence-electron chi connectivity index (χ3n) is 7.74. The van der Waals surface area contributed by atoms with E-state index in [1.165, 1.54) is 12.0 Å². The van der Waals surface area contributed by atoms with Gasteiger partial charge in [-0.3, -0.25) is 19.3 Å². The summed E-state index contributed by atoms with van der Waals surface area (Å²) in [5, 5.41) is 3.34. The van der Waals surface area contributed by atoms with Crippen molar-refractivity contribution in [2.45, 2.75) is 18.6 Å². The first-order valence-corrected chi connectivity index (χ1v) is 13.0. The number of imide groups is 1. The molecule has 0 radical (unpaired) electrons. The number of ether oxygens (including phenoxy) is 2. The van der Waals surface area contributed by atoms with Gasteiger partial charge in [0.15, 0.2) is 0 Å². The number of likely N-dealkylation sites (tertiary alicyclic amines) is 1. The van der Waals surface area contributed by atoms with Gasteiger partial charge in [0.25, 0.3) is 0 Å². The van der Waals surface area contributed by atoms with Gasteiger partial charge in [0.1, 0.15) is 17.5 Å². The maximum atomic E-state index is 13.9. The number of fused-ring (bicyclic) bond motifs is 5. The molecular weight excluding hydrogens is 518 g/mol. The summed E-state index contributed by atoms with van der Waals surface area (Å²) in [6, 6.07) is 18.6. The standard InChI is InChI=1S/C30H26ClN3O5/c1-38-20-10-7-17(8-11-20)16-34-29(36)24-25(30(34)37)27(28(35)32-22-15-19(31)9-12-23(22)39-2)33-14-13-18-5-3-4-6-21(18)26(24)33/h3-15,24-27H,16H2,1-2H3,(H,32,35)/t24-,25+,26?,27-/m0/s1. The van der Waals surface area contributed by atoms with Gasteiger partial charge in [-0.25, -0.2) is 0 Å². The first-order chi connectivity index (χ1) is 18.9. The molecule has 0 aliphatic carbocycles. The zero-order valence-electron chi connectivity index (χ0n) is 21.3. The van der Waals surface area contributed by atoms with Gasteiger partial charge in [-0.15, -0.1) is 0 Å². The number of anilines is 1. The van der Waals surface area contributed by atoms with Gasteiger partial charge in [-0.1, -0.05) is 48.0 Å². The van der Waals surface area contributed by atoms with E-state index < -0.39 is 29.8 Å². The second kappa shape index (κ2) is 9.78. The molecule has 3 amide bonds. The Balaban J connectivity index is 1.38. The molecule has 1 unspecified atom stereocenters. The maximum absolute atomic E-state index is 13.9. The molecule has 3 aliphatic heterocycles. The highest BCUT2D eigenvalue weighted by atomic mass is 35.5. The zero-order chi connectivity index (χ0) is 27.3. The number of carbonyl (C=O) groups is 3. The molecule has 0 aromatic heterocycles. The van der Waals surface area contributed by atoms with Gasteiger partial charge in [-0.2, -0.15) is 0 Å². The number of halogens is 1. The number of hydrogen-bond donors (Lipinski definition) is 1. The van der Waals surface area contributed by atoms with Crippen LogP contribution in [0.15, 0.2) is 72.9 Å². The molecule has 8 nitrogen and oxygen atoms in total. The normalized spacial score (nSPS) is 22.8. The minimum absolute atomic E-state index is 0.120. The van der Waals surface area contributed by atoms with E-state index in [0.29, 0.717) is 22.2 Å². The van der Waals surface area contributed by atoms with Gasteiger partial charge in [0.2, 0.25) is 17.7 Å². The van der Waals surface area contributed by atoms with Crippen molar-refractivity contribution < 1.29 is 23.9 Å². The lowest BCUT2D eigenvalue weighted by atomic mass is 9.84. The monoisotopic (exact) mass is 543 g/mol. The Labute approximate surface area is 230 Å². The predicted octanol–water partition coefficient (Wildman–Crippen LogP) is 4.51. The highest BCUT2D eigenvalue weighted by Crippen LogP contribution is 2.53. The van der Waals surface area contributed by atoms with E-state index in [-0.39, 0.29) is 18.4 Å². The maximum Gasteiger partial charge on any atom is 0.248 e. The van der Waals surface area contributed by atoms with E-state index in [2.05, 4.69) is 5.32 Å². The number of hydrogen-bond acceptors (Lipinski definition) is 6. The summed E-state index contributed by atoms with van der Waals surface area (Å²) >= 11 is 6.19. The van der Waals surface area contributed by atoms with Crippen LogP contribution in [-0.4, -0.2) is 47.8 Å². The minimum atomic E-state index is -0.911. The predicted molar refractivity (Wildman–Crippen MR) is 146 cm³/mol. The lowest BCUT2D eigenvalue weighted by Gasteiger charge is -2.35. The Kier molecular flexibility index (Phi) is 6.27. The molecule has 1 N–H and O–H groups in total. The number of benzene rings is 3. The first kappa shape index (κ1) is 25.0. The van der Waals surface area contributed by atoms with Crippen LogP contribution in [0.3, 0.4) is 0 Å². The van der Waals surface area contributed by atoms with Crippen molar-refractivity contribution in [1.82, 2.24) is 9.80 Å². The van der Waals surface area contributed by atoms with E-state index in [0.717, 1.165) is 16.7 Å². The van der Waals surface area contributed by atoms with Crippen molar-refractivity contribution in [1.29, 1.82) is 0 Å². The number of rotatable bonds is 6. The van der Waals surface area contributed by atoms with Crippen molar-refractivity contribution in [3.63, 3.8) is 0 Å².